The zero-order chi connectivity index (χ0) is 48.4. The molecule has 0 aliphatic heterocycles. The third kappa shape index (κ3) is 28.8. The summed E-state index contributed by atoms with van der Waals surface area (Å²) in [6.45, 7) is 3.81. The fraction of sp³-hybridized carbons (Fsp3) is 0.0811. The number of hydrogen-bond acceptors (Lipinski definition) is 11. The number of benzene rings is 5. The first kappa shape index (κ1) is 65.1. The minimum atomic E-state index is -0.0442. The van der Waals surface area contributed by atoms with Crippen LogP contribution in [0.2, 0.25) is 50.2 Å². The second-order valence-electron chi connectivity index (χ2n) is 9.59. The predicted octanol–water partition coefficient (Wildman–Crippen LogP) is 14.2. The van der Waals surface area contributed by atoms with Crippen LogP contribution in [0.1, 0.15) is 16.7 Å². The fourth-order valence-corrected chi connectivity index (χ4v) is 6.19. The van der Waals surface area contributed by atoms with Crippen LogP contribution in [0.5, 0.6) is 0 Å². The molecule has 0 aliphatic rings. The maximum Gasteiger partial charge on any atom is 0.373 e. The first-order chi connectivity index (χ1) is 28.5. The lowest BCUT2D eigenvalue weighted by Gasteiger charge is -2.03. The average molecular weight is 1240 g/mol. The largest absolute Gasteiger partial charge is 0.397 e. The highest BCUT2D eigenvalue weighted by molar-refractivity contribution is 9.11. The molecule has 0 aromatic heterocycles. The van der Waals surface area contributed by atoms with E-state index in [0.29, 0.717) is 66.1 Å². The molecule has 0 aliphatic carbocycles. The van der Waals surface area contributed by atoms with Gasteiger partial charge < -0.3 is 16.6 Å². The average Bonchev–Trinajstić information content (AvgIpc) is 3.22. The van der Waals surface area contributed by atoms with Crippen molar-refractivity contribution < 1.29 is 43.5 Å². The van der Waals surface area contributed by atoms with Crippen LogP contribution in [-0.2, 0) is 45.0 Å². The molecule has 61 heavy (non-hydrogen) atoms. The highest BCUT2D eigenvalue weighted by Gasteiger charge is 2.07. The van der Waals surface area contributed by atoms with E-state index in [1.54, 1.807) is 48.5 Å². The van der Waals surface area contributed by atoms with Crippen LogP contribution >= 0.6 is 164 Å². The Morgan fingerprint density at radius 1 is 0.459 bits per heavy atom. The van der Waals surface area contributed by atoms with Gasteiger partial charge in [-0.1, -0.05) is 146 Å². The normalized spacial score (nSPS) is 8.46. The zero-order valence-electron chi connectivity index (χ0n) is 30.4. The summed E-state index contributed by atoms with van der Waals surface area (Å²) < 4.78 is 2.37. The number of nitrogen functional groups attached to an aromatic ring is 2. The Bertz CT molecular complexity index is 2020. The van der Waals surface area contributed by atoms with Crippen molar-refractivity contribution in [2.75, 3.05) is 11.5 Å². The van der Waals surface area contributed by atoms with Gasteiger partial charge in [0.2, 0.25) is 0 Å². The number of aryl methyl sites for hydroxylation is 2. The lowest BCUT2D eigenvalue weighted by Crippen LogP contribution is -1.90. The number of aliphatic hydroxyl groups is 1. The van der Waals surface area contributed by atoms with E-state index in [0.717, 1.165) is 25.6 Å². The second-order valence-corrected chi connectivity index (χ2v) is 16.0. The van der Waals surface area contributed by atoms with E-state index in [9.17, 15) is 0 Å². The van der Waals surface area contributed by atoms with Crippen molar-refractivity contribution in [1.82, 2.24) is 0 Å². The molecule has 0 atom stereocenters. The topological polar surface area (TPSA) is 209 Å². The summed E-state index contributed by atoms with van der Waals surface area (Å²) >= 11 is 66.7. The van der Waals surface area contributed by atoms with E-state index in [2.05, 4.69) is 47.8 Å². The molecule has 0 bridgehead atoms. The van der Waals surface area contributed by atoms with Gasteiger partial charge in [-0.3, -0.25) is 0 Å². The number of hydrogen-bond donors (Lipinski definition) is 3. The Morgan fingerprint density at radius 2 is 0.803 bits per heavy atom. The molecule has 5 aromatic carbocycles. The molecule has 0 spiro atoms. The first-order valence-corrected chi connectivity index (χ1v) is 21.0. The van der Waals surface area contributed by atoms with Gasteiger partial charge >= 0.3 is 24.6 Å². The predicted molar refractivity (Wildman–Crippen MR) is 250 cm³/mol. The van der Waals surface area contributed by atoms with Crippen LogP contribution in [0.3, 0.4) is 0 Å². The van der Waals surface area contributed by atoms with Crippen molar-refractivity contribution in [2.24, 2.45) is 0 Å². The highest BCUT2D eigenvalue weighted by atomic mass is 79.9. The summed E-state index contributed by atoms with van der Waals surface area (Å²) in [4.78, 5) is 65.0. The molecule has 0 amide bonds. The van der Waals surface area contributed by atoms with Crippen LogP contribution in [0.25, 0.3) is 0 Å². The van der Waals surface area contributed by atoms with E-state index in [-0.39, 0.29) is 31.2 Å². The van der Waals surface area contributed by atoms with Crippen LogP contribution in [-0.4, -0.2) is 29.7 Å². The maximum atomic E-state index is 8.80. The lowest BCUT2D eigenvalue weighted by molar-refractivity contribution is -0.193. The summed E-state index contributed by atoms with van der Waals surface area (Å²) in [6.07, 6.45) is 1.00. The fourth-order valence-electron chi connectivity index (χ4n) is 2.97. The molecule has 5 N–H and O–H groups in total. The van der Waals surface area contributed by atoms with E-state index in [1.807, 2.05) is 38.1 Å². The molecule has 11 nitrogen and oxygen atoms in total. The molecule has 0 fully saturated rings. The minimum absolute atomic E-state index is 0.0442. The number of nitrogens with two attached hydrogens (primary N) is 2. The smallest absolute Gasteiger partial charge is 0.373 e. The quantitative estimate of drug-likeness (QED) is 0.106. The van der Waals surface area contributed by atoms with E-state index >= 15 is 0 Å². The first-order valence-electron chi connectivity index (χ1n) is 14.8. The van der Waals surface area contributed by atoms with Crippen molar-refractivity contribution in [3.8, 4) is 0 Å². The standard InChI is InChI=1S/C7H5BrCl2O.C7H5BrCl2.C7H7Cl2N.C6H3BrCl2.C6H5Cl2N.4CO2/c8-6-4(3-11)1-2-5(9)7(6)10;1-4-2-3-5(9)7(10)6(4)8;1-4-2-3-5(8)6(9)7(4)10;7-4-2-1-3-5(8)6(4)9;7-4-2-1-3-5(9)6(4)8;4*2-1-3/h1-2,11H,3H2;2-3H,1H3;2-3H,10H2,1H3;1-3H;1-3H,9H2;;;;. The molecule has 0 unspecified atom stereocenters. The monoisotopic (exact) mass is 1230 g/mol. The zero-order valence-corrected chi connectivity index (χ0v) is 42.7. The number of aliphatic hydroxyl groups excluding tert-OH is 1. The molecular weight excluding hydrogens is 1210 g/mol. The molecule has 0 heterocycles. The van der Waals surface area contributed by atoms with Gasteiger partial charge in [-0.05, 0) is 121 Å². The van der Waals surface area contributed by atoms with Crippen molar-refractivity contribution in [3.05, 3.63) is 153 Å². The number of carbonyl (C=O) groups excluding carboxylic acids is 8. The van der Waals surface area contributed by atoms with Gasteiger partial charge in [0, 0.05) is 13.4 Å². The molecule has 0 saturated heterocycles. The van der Waals surface area contributed by atoms with Gasteiger partial charge in [0.05, 0.1) is 68.2 Å². The molecule has 0 radical (unpaired) electrons. The Labute approximate surface area is 424 Å². The summed E-state index contributed by atoms with van der Waals surface area (Å²) in [5.41, 5.74) is 14.8. The van der Waals surface area contributed by atoms with E-state index < -0.39 is 0 Å². The van der Waals surface area contributed by atoms with Gasteiger partial charge in [-0.15, -0.1) is 0 Å². The Hall–Kier alpha value is -2.48. The summed E-state index contributed by atoms with van der Waals surface area (Å²) in [6, 6.07) is 21.2. The number of anilines is 2. The van der Waals surface area contributed by atoms with Crippen LogP contribution in [0.15, 0.2) is 86.2 Å². The van der Waals surface area contributed by atoms with Gasteiger partial charge in [0.25, 0.3) is 0 Å². The van der Waals surface area contributed by atoms with Gasteiger partial charge in [0.15, 0.2) is 0 Å². The van der Waals surface area contributed by atoms with Gasteiger partial charge in [0.1, 0.15) is 0 Å². The third-order valence-electron chi connectivity index (χ3n) is 5.75. The summed E-state index contributed by atoms with van der Waals surface area (Å²) in [5, 5.41) is 13.9. The minimum Gasteiger partial charge on any atom is -0.397 e. The van der Waals surface area contributed by atoms with Gasteiger partial charge in [-0.2, -0.15) is 38.4 Å². The molecule has 5 aromatic rings. The van der Waals surface area contributed by atoms with Crippen molar-refractivity contribution >= 4 is 200 Å². The van der Waals surface area contributed by atoms with Crippen molar-refractivity contribution in [3.63, 3.8) is 0 Å². The summed E-state index contributed by atoms with van der Waals surface area (Å²) in [5.74, 6) is 0. The molecule has 328 valence electrons. The molecule has 24 heteroatoms. The number of rotatable bonds is 1. The van der Waals surface area contributed by atoms with Gasteiger partial charge in [-0.25, -0.2) is 0 Å². The third-order valence-corrected chi connectivity index (χ3v) is 13.1. The second kappa shape index (κ2) is 39.1. The maximum absolute atomic E-state index is 8.80. The Kier molecular flexibility index (Phi) is 41.8. The Morgan fingerprint density at radius 3 is 1.15 bits per heavy atom. The van der Waals surface area contributed by atoms with E-state index in [1.165, 1.54) is 0 Å². The van der Waals surface area contributed by atoms with Crippen LogP contribution in [0.4, 0.5) is 11.4 Å². The Balaban J connectivity index is -0.000000312. The van der Waals surface area contributed by atoms with Crippen molar-refractivity contribution in [1.29, 1.82) is 0 Å². The molecule has 0 saturated carbocycles. The molecule has 5 rings (SSSR count). The highest BCUT2D eigenvalue weighted by Crippen LogP contribution is 2.34. The van der Waals surface area contributed by atoms with Crippen LogP contribution in [0, 0.1) is 13.8 Å². The molecular formula is C37H25Br3Cl10N2O9. The van der Waals surface area contributed by atoms with Crippen LogP contribution < -0.4 is 11.5 Å². The van der Waals surface area contributed by atoms with Crippen molar-refractivity contribution in [2.45, 2.75) is 20.5 Å². The summed E-state index contributed by atoms with van der Waals surface area (Å²) in [7, 11) is 0. The number of halogens is 13. The SMILES string of the molecule is Cc1ccc(Cl)c(Cl)c1Br.Cc1ccc(Cl)c(Cl)c1N.Clc1cccc(Br)c1Cl.Nc1cccc(Cl)c1Cl.O=C=O.O=C=O.O=C=O.O=C=O.OCc1ccc(Cl)c(Cl)c1Br. The van der Waals surface area contributed by atoms with E-state index in [4.69, 9.17) is 171 Å². The lowest BCUT2D eigenvalue weighted by atomic mass is 10.2.